The van der Waals surface area contributed by atoms with Crippen LogP contribution in [0.25, 0.3) is 11.1 Å². The number of carboxylic acid groups (broad SMARTS) is 1. The molecule has 0 atom stereocenters. The Labute approximate surface area is 179 Å². The summed E-state index contributed by atoms with van der Waals surface area (Å²) in [4.78, 5) is 15.7. The fourth-order valence-corrected chi connectivity index (χ4v) is 4.19. The fraction of sp³-hybridized carbons (Fsp3) is 0.375. The van der Waals surface area contributed by atoms with E-state index in [4.69, 9.17) is 0 Å². The van der Waals surface area contributed by atoms with Gasteiger partial charge in [-0.2, -0.15) is 8.78 Å². The first-order valence-corrected chi connectivity index (χ1v) is 10.6. The van der Waals surface area contributed by atoms with Gasteiger partial charge >= 0.3 is 11.9 Å². The molecular formula is C24H25F2N3O2. The first kappa shape index (κ1) is 21.2. The van der Waals surface area contributed by atoms with Crippen LogP contribution in [0.5, 0.6) is 0 Å². The zero-order valence-electron chi connectivity index (χ0n) is 17.4. The van der Waals surface area contributed by atoms with Crippen molar-refractivity contribution in [3.8, 4) is 11.1 Å². The van der Waals surface area contributed by atoms with Crippen LogP contribution < -0.4 is 0 Å². The van der Waals surface area contributed by atoms with Gasteiger partial charge in [-0.05, 0) is 35.6 Å². The van der Waals surface area contributed by atoms with Crippen molar-refractivity contribution in [3.63, 3.8) is 0 Å². The zero-order valence-corrected chi connectivity index (χ0v) is 17.4. The molecule has 5 nitrogen and oxygen atoms in total. The van der Waals surface area contributed by atoms with Gasteiger partial charge in [0.1, 0.15) is 5.82 Å². The van der Waals surface area contributed by atoms with Crippen LogP contribution in [0.3, 0.4) is 0 Å². The van der Waals surface area contributed by atoms with Crippen LogP contribution in [0.15, 0.2) is 48.5 Å². The van der Waals surface area contributed by atoms with E-state index < -0.39 is 17.7 Å². The van der Waals surface area contributed by atoms with Crippen molar-refractivity contribution >= 4 is 5.97 Å². The number of hydrogen-bond acceptors (Lipinski definition) is 3. The van der Waals surface area contributed by atoms with Crippen LogP contribution in [-0.4, -0.2) is 25.8 Å². The Balaban J connectivity index is 1.62. The lowest BCUT2D eigenvalue weighted by Gasteiger charge is -2.23. The summed E-state index contributed by atoms with van der Waals surface area (Å²) in [6.45, 7) is 0.825. The average Bonchev–Trinajstić information content (AvgIpc) is 3.19. The molecule has 1 fully saturated rings. The first-order chi connectivity index (χ1) is 14.8. The third-order valence-corrected chi connectivity index (χ3v) is 5.80. The average molecular weight is 425 g/mol. The lowest BCUT2D eigenvalue weighted by atomic mass is 9.95. The highest BCUT2D eigenvalue weighted by atomic mass is 19.3. The quantitative estimate of drug-likeness (QED) is 0.538. The molecule has 1 aromatic heterocycles. The minimum Gasteiger partial charge on any atom is -0.478 e. The van der Waals surface area contributed by atoms with Crippen molar-refractivity contribution in [2.24, 2.45) is 0 Å². The van der Waals surface area contributed by atoms with E-state index in [1.165, 1.54) is 0 Å². The number of alkyl halides is 2. The molecule has 4 rings (SSSR count). The van der Waals surface area contributed by atoms with Crippen molar-refractivity contribution < 1.29 is 18.7 Å². The van der Waals surface area contributed by atoms with Crippen LogP contribution in [0.4, 0.5) is 8.78 Å². The Bertz CT molecular complexity index is 1070. The number of nitrogens with zero attached hydrogens (tertiary/aromatic N) is 3. The van der Waals surface area contributed by atoms with Crippen molar-refractivity contribution in [1.82, 2.24) is 14.8 Å². The van der Waals surface area contributed by atoms with E-state index in [1.807, 2.05) is 24.3 Å². The van der Waals surface area contributed by atoms with Crippen LogP contribution in [-0.2, 0) is 12.3 Å². The highest BCUT2D eigenvalue weighted by Crippen LogP contribution is 2.32. The van der Waals surface area contributed by atoms with Gasteiger partial charge in [-0.1, -0.05) is 61.7 Å². The summed E-state index contributed by atoms with van der Waals surface area (Å²) < 4.78 is 29.5. The van der Waals surface area contributed by atoms with Gasteiger partial charge in [0.15, 0.2) is 0 Å². The minimum atomic E-state index is -3.08. The maximum atomic E-state index is 13.9. The van der Waals surface area contributed by atoms with E-state index in [1.54, 1.807) is 28.9 Å². The van der Waals surface area contributed by atoms with Gasteiger partial charge in [-0.15, -0.1) is 5.10 Å². The molecule has 0 bridgehead atoms. The van der Waals surface area contributed by atoms with Crippen molar-refractivity contribution in [3.05, 3.63) is 71.3 Å². The Hall–Kier alpha value is -3.09. The summed E-state index contributed by atoms with van der Waals surface area (Å²) in [5.74, 6) is -3.95. The van der Waals surface area contributed by atoms with Crippen LogP contribution in [0, 0.1) is 0 Å². The molecule has 0 saturated heterocycles. The van der Waals surface area contributed by atoms with E-state index in [0.717, 1.165) is 50.2 Å². The topological polar surface area (TPSA) is 68.0 Å². The molecule has 1 aliphatic rings. The van der Waals surface area contributed by atoms with Crippen molar-refractivity contribution in [1.29, 1.82) is 0 Å². The summed E-state index contributed by atoms with van der Waals surface area (Å²) in [7, 11) is 0. The van der Waals surface area contributed by atoms with E-state index in [2.05, 4.69) is 10.1 Å². The Morgan fingerprint density at radius 3 is 2.42 bits per heavy atom. The number of hydrogen-bond donors (Lipinski definition) is 1. The minimum absolute atomic E-state index is 0.106. The molecule has 0 aliphatic heterocycles. The second kappa shape index (κ2) is 8.57. The highest BCUT2D eigenvalue weighted by molar-refractivity contribution is 5.95. The molecule has 0 amide bonds. The molecule has 0 radical (unpaired) electrons. The summed E-state index contributed by atoms with van der Waals surface area (Å²) >= 11 is 0. The maximum absolute atomic E-state index is 13.9. The molecule has 1 heterocycles. The smallest absolute Gasteiger partial charge is 0.336 e. The Morgan fingerprint density at radius 1 is 1.10 bits per heavy atom. The molecule has 0 spiro atoms. The van der Waals surface area contributed by atoms with Gasteiger partial charge in [-0.25, -0.2) is 14.5 Å². The van der Waals surface area contributed by atoms with Gasteiger partial charge in [0.25, 0.3) is 0 Å². The fourth-order valence-electron chi connectivity index (χ4n) is 4.19. The number of aromatic carboxylic acids is 1. The molecule has 31 heavy (non-hydrogen) atoms. The second-order valence-electron chi connectivity index (χ2n) is 8.20. The van der Waals surface area contributed by atoms with E-state index >= 15 is 0 Å². The molecule has 1 saturated carbocycles. The molecule has 1 aliphatic carbocycles. The molecule has 3 aromatic rings. The molecule has 2 aromatic carbocycles. The number of rotatable bonds is 6. The predicted molar refractivity (Wildman–Crippen MR) is 113 cm³/mol. The number of aromatic nitrogens is 3. The van der Waals surface area contributed by atoms with Gasteiger partial charge in [0, 0.05) is 13.3 Å². The second-order valence-corrected chi connectivity index (χ2v) is 8.20. The molecular weight excluding hydrogens is 400 g/mol. The number of halogens is 2. The normalized spacial score (nSPS) is 15.2. The maximum Gasteiger partial charge on any atom is 0.336 e. The molecule has 0 unspecified atom stereocenters. The summed E-state index contributed by atoms with van der Waals surface area (Å²) in [5, 5.41) is 13.6. The lowest BCUT2D eigenvalue weighted by molar-refractivity contribution is 0.00726. The largest absolute Gasteiger partial charge is 0.478 e. The van der Waals surface area contributed by atoms with Crippen molar-refractivity contribution in [2.45, 2.75) is 57.4 Å². The molecule has 1 N–H and O–H groups in total. The summed E-state index contributed by atoms with van der Waals surface area (Å²) in [6, 6.07) is 14.4. The zero-order chi connectivity index (χ0) is 22.0. The SMILES string of the molecule is CC(F)(F)c1nc(Cc2ccc(-c3ccccc3C(=O)O)cc2)n(C2CCCCC2)n1. The van der Waals surface area contributed by atoms with Crippen LogP contribution >= 0.6 is 0 Å². The third-order valence-electron chi connectivity index (χ3n) is 5.80. The Morgan fingerprint density at radius 2 is 1.77 bits per heavy atom. The number of carboxylic acids is 1. The number of carbonyl (C=O) groups is 1. The van der Waals surface area contributed by atoms with E-state index in [9.17, 15) is 18.7 Å². The third kappa shape index (κ3) is 4.65. The first-order valence-electron chi connectivity index (χ1n) is 10.6. The monoisotopic (exact) mass is 425 g/mol. The summed E-state index contributed by atoms with van der Waals surface area (Å²) in [6.07, 6.45) is 5.54. The predicted octanol–water partition coefficient (Wildman–Crippen LogP) is 5.85. The Kier molecular flexibility index (Phi) is 5.85. The van der Waals surface area contributed by atoms with Gasteiger partial charge in [0.05, 0.1) is 11.6 Å². The van der Waals surface area contributed by atoms with E-state index in [0.29, 0.717) is 17.8 Å². The van der Waals surface area contributed by atoms with Crippen LogP contribution in [0.2, 0.25) is 0 Å². The summed E-state index contributed by atoms with van der Waals surface area (Å²) in [5.41, 5.74) is 2.57. The molecule has 162 valence electrons. The number of benzene rings is 2. The van der Waals surface area contributed by atoms with Crippen LogP contribution in [0.1, 0.15) is 72.6 Å². The van der Waals surface area contributed by atoms with Gasteiger partial charge in [0.2, 0.25) is 5.82 Å². The lowest BCUT2D eigenvalue weighted by Crippen LogP contribution is -2.18. The van der Waals surface area contributed by atoms with E-state index in [-0.39, 0.29) is 11.6 Å². The molecule has 7 heteroatoms. The van der Waals surface area contributed by atoms with Crippen molar-refractivity contribution in [2.75, 3.05) is 0 Å². The standard InChI is InChI=1S/C24H25F2N3O2/c1-24(25,26)23-27-21(29(28-23)18-7-3-2-4-8-18)15-16-11-13-17(14-12-16)19-9-5-6-10-20(19)22(30)31/h5-6,9-14,18H,2-4,7-8,15H2,1H3,(H,30,31). The van der Waals surface area contributed by atoms with Gasteiger partial charge < -0.3 is 5.11 Å². The van der Waals surface area contributed by atoms with Gasteiger partial charge in [-0.3, -0.25) is 0 Å². The highest BCUT2D eigenvalue weighted by Gasteiger charge is 2.32.